The van der Waals surface area contributed by atoms with E-state index in [1.165, 1.54) is 6.07 Å². The molecule has 4 rings (SSSR count). The molecule has 0 aliphatic heterocycles. The third-order valence-electron chi connectivity index (χ3n) is 4.73. The molecule has 0 unspecified atom stereocenters. The standard InChI is InChI=1S/C20H21N7O2S/c1-13-4-5-15(11-18(13)30(21,28)29)23-20-22-9-8-19(24-20)27(3)16-6-7-17-14(10-16)12-26(2)25-17/h4-12H,1-3H3,(H2,21,28,29)(H,22,23,24). The largest absolute Gasteiger partial charge is 0.329 e. The number of primary sulfonamides is 1. The van der Waals surface area contributed by atoms with E-state index in [-0.39, 0.29) is 4.90 Å². The molecule has 0 amide bonds. The molecule has 0 atom stereocenters. The van der Waals surface area contributed by atoms with E-state index in [1.54, 1.807) is 36.0 Å². The van der Waals surface area contributed by atoms with E-state index in [4.69, 9.17) is 5.14 Å². The molecule has 3 N–H and O–H groups in total. The highest BCUT2D eigenvalue weighted by atomic mass is 32.2. The fourth-order valence-electron chi connectivity index (χ4n) is 3.19. The van der Waals surface area contributed by atoms with Crippen LogP contribution < -0.4 is 15.4 Å². The van der Waals surface area contributed by atoms with Crippen LogP contribution in [-0.2, 0) is 17.1 Å². The molecule has 10 heteroatoms. The highest BCUT2D eigenvalue weighted by Crippen LogP contribution is 2.27. The summed E-state index contributed by atoms with van der Waals surface area (Å²) in [5.74, 6) is 1.01. The zero-order valence-electron chi connectivity index (χ0n) is 16.7. The summed E-state index contributed by atoms with van der Waals surface area (Å²) in [4.78, 5) is 10.8. The lowest BCUT2D eigenvalue weighted by Crippen LogP contribution is -2.14. The maximum Gasteiger partial charge on any atom is 0.238 e. The summed E-state index contributed by atoms with van der Waals surface area (Å²) in [6.45, 7) is 1.69. The number of nitrogens with two attached hydrogens (primary N) is 1. The van der Waals surface area contributed by atoms with Crippen molar-refractivity contribution in [2.45, 2.75) is 11.8 Å². The van der Waals surface area contributed by atoms with E-state index < -0.39 is 10.0 Å². The average Bonchev–Trinajstić information content (AvgIpc) is 3.07. The Labute approximate surface area is 174 Å². The van der Waals surface area contributed by atoms with E-state index in [2.05, 4.69) is 20.4 Å². The van der Waals surface area contributed by atoms with Crippen LogP contribution in [-0.4, -0.2) is 35.2 Å². The summed E-state index contributed by atoms with van der Waals surface area (Å²) in [5, 5.41) is 13.8. The minimum absolute atomic E-state index is 0.0607. The van der Waals surface area contributed by atoms with E-state index in [9.17, 15) is 8.42 Å². The van der Waals surface area contributed by atoms with Gasteiger partial charge in [0.15, 0.2) is 0 Å². The molecule has 2 aromatic carbocycles. The highest BCUT2D eigenvalue weighted by molar-refractivity contribution is 7.89. The molecule has 0 bridgehead atoms. The van der Waals surface area contributed by atoms with Gasteiger partial charge in [-0.1, -0.05) is 6.07 Å². The second-order valence-corrected chi connectivity index (χ2v) is 8.52. The van der Waals surface area contributed by atoms with E-state index in [0.717, 1.165) is 16.6 Å². The molecule has 154 valence electrons. The molecule has 0 aliphatic rings. The van der Waals surface area contributed by atoms with Gasteiger partial charge in [0.05, 0.1) is 10.4 Å². The number of aromatic nitrogens is 4. The van der Waals surface area contributed by atoms with Gasteiger partial charge in [0.25, 0.3) is 0 Å². The molecule has 30 heavy (non-hydrogen) atoms. The molecule has 9 nitrogen and oxygen atoms in total. The number of fused-ring (bicyclic) bond motifs is 1. The Morgan fingerprint density at radius 3 is 2.70 bits per heavy atom. The van der Waals surface area contributed by atoms with Crippen molar-refractivity contribution in [2.24, 2.45) is 12.2 Å². The molecule has 0 fully saturated rings. The Balaban J connectivity index is 1.62. The van der Waals surface area contributed by atoms with Gasteiger partial charge in [-0.3, -0.25) is 4.68 Å². The van der Waals surface area contributed by atoms with Crippen molar-refractivity contribution in [3.63, 3.8) is 0 Å². The number of nitrogens with zero attached hydrogens (tertiary/aromatic N) is 5. The molecular weight excluding hydrogens is 402 g/mol. The van der Waals surface area contributed by atoms with Crippen molar-refractivity contribution >= 4 is 44.1 Å². The number of hydrogen-bond donors (Lipinski definition) is 2. The summed E-state index contributed by atoms with van der Waals surface area (Å²) < 4.78 is 25.3. The zero-order chi connectivity index (χ0) is 21.5. The van der Waals surface area contributed by atoms with Crippen LogP contribution in [0.3, 0.4) is 0 Å². The van der Waals surface area contributed by atoms with E-state index in [0.29, 0.717) is 23.0 Å². The van der Waals surface area contributed by atoms with Gasteiger partial charge >= 0.3 is 0 Å². The van der Waals surface area contributed by atoms with Crippen LogP contribution in [0.2, 0.25) is 0 Å². The predicted molar refractivity (Wildman–Crippen MR) is 117 cm³/mol. The minimum Gasteiger partial charge on any atom is -0.329 e. The van der Waals surface area contributed by atoms with Gasteiger partial charge in [0.2, 0.25) is 16.0 Å². The molecule has 4 aromatic rings. The number of nitrogens with one attached hydrogen (secondary N) is 1. The predicted octanol–water partition coefficient (Wildman–Crippen LogP) is 2.83. The first-order valence-electron chi connectivity index (χ1n) is 9.11. The zero-order valence-corrected chi connectivity index (χ0v) is 17.6. The van der Waals surface area contributed by atoms with Crippen molar-refractivity contribution in [1.29, 1.82) is 0 Å². The van der Waals surface area contributed by atoms with Crippen LogP contribution in [0.4, 0.5) is 23.1 Å². The first-order chi connectivity index (χ1) is 14.2. The maximum atomic E-state index is 11.8. The topological polar surface area (TPSA) is 119 Å². The number of aryl methyl sites for hydroxylation is 2. The Morgan fingerprint density at radius 1 is 1.13 bits per heavy atom. The van der Waals surface area contributed by atoms with Crippen molar-refractivity contribution in [3.05, 3.63) is 60.4 Å². The molecule has 0 saturated carbocycles. The Morgan fingerprint density at radius 2 is 1.93 bits per heavy atom. The highest BCUT2D eigenvalue weighted by Gasteiger charge is 2.13. The second-order valence-electron chi connectivity index (χ2n) is 6.99. The van der Waals surface area contributed by atoms with Gasteiger partial charge in [0.1, 0.15) is 5.82 Å². The normalized spacial score (nSPS) is 11.6. The van der Waals surface area contributed by atoms with E-state index >= 15 is 0 Å². The molecule has 0 aliphatic carbocycles. The van der Waals surface area contributed by atoms with Crippen molar-refractivity contribution in [1.82, 2.24) is 19.7 Å². The fourth-order valence-corrected chi connectivity index (χ4v) is 4.00. The first-order valence-corrected chi connectivity index (χ1v) is 10.7. The number of rotatable bonds is 5. The lowest BCUT2D eigenvalue weighted by Gasteiger charge is -2.19. The molecular formula is C20H21N7O2S. The summed E-state index contributed by atoms with van der Waals surface area (Å²) in [7, 11) is -0.0197. The average molecular weight is 424 g/mol. The van der Waals surface area contributed by atoms with Crippen LogP contribution >= 0.6 is 0 Å². The number of hydrogen-bond acceptors (Lipinski definition) is 7. The molecule has 0 spiro atoms. The Hall–Kier alpha value is -3.50. The lowest BCUT2D eigenvalue weighted by molar-refractivity contribution is 0.597. The Kier molecular flexibility index (Phi) is 4.88. The first kappa shape index (κ1) is 19.8. The third kappa shape index (κ3) is 3.95. The SMILES string of the molecule is Cc1ccc(Nc2nccc(N(C)c3ccc4nn(C)cc4c3)n2)cc1S(N)(=O)=O. The van der Waals surface area contributed by atoms with Crippen LogP contribution in [0.5, 0.6) is 0 Å². The van der Waals surface area contributed by atoms with Gasteiger partial charge in [-0.2, -0.15) is 10.1 Å². The number of anilines is 4. The van der Waals surface area contributed by atoms with Crippen LogP contribution in [0, 0.1) is 6.92 Å². The summed E-state index contributed by atoms with van der Waals surface area (Å²) in [6.07, 6.45) is 3.60. The van der Waals surface area contributed by atoms with Gasteiger partial charge in [-0.15, -0.1) is 0 Å². The second kappa shape index (κ2) is 7.39. The van der Waals surface area contributed by atoms with Crippen molar-refractivity contribution in [3.8, 4) is 0 Å². The lowest BCUT2D eigenvalue weighted by atomic mass is 10.2. The minimum atomic E-state index is -3.82. The van der Waals surface area contributed by atoms with E-state index in [1.807, 2.05) is 43.4 Å². The van der Waals surface area contributed by atoms with Crippen LogP contribution in [0.1, 0.15) is 5.56 Å². The van der Waals surface area contributed by atoms with Crippen molar-refractivity contribution < 1.29 is 8.42 Å². The summed E-state index contributed by atoms with van der Waals surface area (Å²) >= 11 is 0. The quantitative estimate of drug-likeness (QED) is 0.506. The molecule has 0 radical (unpaired) electrons. The van der Waals surface area contributed by atoms with Gasteiger partial charge < -0.3 is 10.2 Å². The number of sulfonamides is 1. The number of benzene rings is 2. The Bertz CT molecular complexity index is 1350. The fraction of sp³-hybridized carbons (Fsp3) is 0.150. The van der Waals surface area contributed by atoms with Gasteiger partial charge in [0, 0.05) is 43.3 Å². The monoisotopic (exact) mass is 423 g/mol. The van der Waals surface area contributed by atoms with Gasteiger partial charge in [-0.25, -0.2) is 18.5 Å². The van der Waals surface area contributed by atoms with Gasteiger partial charge in [-0.05, 0) is 48.9 Å². The van der Waals surface area contributed by atoms with Crippen LogP contribution in [0.15, 0.2) is 59.8 Å². The summed E-state index contributed by atoms with van der Waals surface area (Å²) in [6, 6.07) is 12.7. The molecule has 2 aromatic heterocycles. The smallest absolute Gasteiger partial charge is 0.238 e. The maximum absolute atomic E-state index is 11.8. The molecule has 0 saturated heterocycles. The summed E-state index contributed by atoms with van der Waals surface area (Å²) in [5.41, 5.74) is 2.97. The van der Waals surface area contributed by atoms with Crippen molar-refractivity contribution in [2.75, 3.05) is 17.3 Å². The third-order valence-corrected chi connectivity index (χ3v) is 5.78. The van der Waals surface area contributed by atoms with Crippen LogP contribution in [0.25, 0.3) is 10.9 Å². The molecule has 2 heterocycles.